The highest BCUT2D eigenvalue weighted by Crippen LogP contribution is 2.36. The molecular formula is C26H35N3O6S. The SMILES string of the molecule is CCCCNC(=O)[C@@H](CC)N(Cc1ccc(C)cc1)C(=O)CN(c1ccc2c(c1)OCO2)S(C)(=O)=O. The second kappa shape index (κ2) is 12.1. The minimum atomic E-state index is -3.82. The number of amides is 2. The molecule has 2 aromatic rings. The third kappa shape index (κ3) is 6.90. The fraction of sp³-hybridized carbons (Fsp3) is 0.462. The second-order valence-electron chi connectivity index (χ2n) is 8.88. The lowest BCUT2D eigenvalue weighted by molar-refractivity contribution is -0.140. The van der Waals surface area contributed by atoms with Crippen molar-refractivity contribution >= 4 is 27.5 Å². The first-order chi connectivity index (χ1) is 17.1. The number of ether oxygens (including phenoxy) is 2. The molecule has 3 rings (SSSR count). The number of hydrogen-bond acceptors (Lipinski definition) is 6. The predicted octanol–water partition coefficient (Wildman–Crippen LogP) is 3.21. The molecule has 1 aliphatic rings. The summed E-state index contributed by atoms with van der Waals surface area (Å²) in [6.07, 6.45) is 3.20. The van der Waals surface area contributed by atoms with Crippen molar-refractivity contribution in [2.24, 2.45) is 0 Å². The first kappa shape index (κ1) is 27.3. The van der Waals surface area contributed by atoms with Gasteiger partial charge < -0.3 is 19.7 Å². The van der Waals surface area contributed by atoms with Crippen molar-refractivity contribution in [2.75, 3.05) is 30.4 Å². The van der Waals surface area contributed by atoms with Gasteiger partial charge in [-0.05, 0) is 37.5 Å². The monoisotopic (exact) mass is 517 g/mol. The third-order valence-corrected chi connectivity index (χ3v) is 7.15. The molecule has 0 radical (unpaired) electrons. The standard InChI is InChI=1S/C26H35N3O6S/c1-5-7-14-27-26(31)22(6-2)28(16-20-10-8-19(3)9-11-20)25(30)17-29(36(4,32)33)21-12-13-23-24(15-21)35-18-34-23/h8-13,15,22H,5-7,14,16-18H2,1-4H3,(H,27,31)/t22-/m1/s1. The van der Waals surface area contributed by atoms with Gasteiger partial charge in [-0.25, -0.2) is 8.42 Å². The number of sulfonamides is 1. The van der Waals surface area contributed by atoms with Gasteiger partial charge in [0.1, 0.15) is 12.6 Å². The van der Waals surface area contributed by atoms with Crippen LogP contribution >= 0.6 is 0 Å². The molecule has 0 saturated heterocycles. The average molecular weight is 518 g/mol. The zero-order chi connectivity index (χ0) is 26.3. The van der Waals surface area contributed by atoms with Crippen LogP contribution in [0.15, 0.2) is 42.5 Å². The van der Waals surface area contributed by atoms with E-state index < -0.39 is 28.5 Å². The summed E-state index contributed by atoms with van der Waals surface area (Å²) in [6, 6.07) is 11.7. The van der Waals surface area contributed by atoms with Crippen molar-refractivity contribution in [2.45, 2.75) is 52.6 Å². The maximum Gasteiger partial charge on any atom is 0.244 e. The molecule has 9 nitrogen and oxygen atoms in total. The van der Waals surface area contributed by atoms with Gasteiger partial charge in [0.15, 0.2) is 11.5 Å². The Hall–Kier alpha value is -3.27. The van der Waals surface area contributed by atoms with Gasteiger partial charge in [0.05, 0.1) is 11.9 Å². The number of anilines is 1. The van der Waals surface area contributed by atoms with Crippen LogP contribution in [0.1, 0.15) is 44.2 Å². The molecule has 2 amide bonds. The number of carbonyl (C=O) groups is 2. The zero-order valence-electron chi connectivity index (χ0n) is 21.3. The molecule has 1 N–H and O–H groups in total. The second-order valence-corrected chi connectivity index (χ2v) is 10.8. The molecule has 0 unspecified atom stereocenters. The van der Waals surface area contributed by atoms with Gasteiger partial charge in [-0.2, -0.15) is 0 Å². The zero-order valence-corrected chi connectivity index (χ0v) is 22.1. The Kier molecular flexibility index (Phi) is 9.19. The fourth-order valence-electron chi connectivity index (χ4n) is 3.97. The summed E-state index contributed by atoms with van der Waals surface area (Å²) in [4.78, 5) is 28.2. The van der Waals surface area contributed by atoms with E-state index in [0.29, 0.717) is 24.5 Å². The summed E-state index contributed by atoms with van der Waals surface area (Å²) in [7, 11) is -3.82. The number of aryl methyl sites for hydroxylation is 1. The Bertz CT molecular complexity index is 1170. The van der Waals surface area contributed by atoms with Crippen LogP contribution in [0.3, 0.4) is 0 Å². The molecule has 1 heterocycles. The van der Waals surface area contributed by atoms with Crippen molar-refractivity contribution in [3.05, 3.63) is 53.6 Å². The highest BCUT2D eigenvalue weighted by molar-refractivity contribution is 7.92. The maximum atomic E-state index is 13.7. The number of nitrogens with one attached hydrogen (secondary N) is 1. The summed E-state index contributed by atoms with van der Waals surface area (Å²) in [5.41, 5.74) is 2.21. The number of hydrogen-bond donors (Lipinski definition) is 1. The molecule has 0 bridgehead atoms. The molecule has 2 aromatic carbocycles. The fourth-order valence-corrected chi connectivity index (χ4v) is 4.81. The van der Waals surface area contributed by atoms with Gasteiger partial charge in [-0.3, -0.25) is 13.9 Å². The first-order valence-corrected chi connectivity index (χ1v) is 14.0. The highest BCUT2D eigenvalue weighted by Gasteiger charge is 2.32. The molecule has 0 spiro atoms. The summed E-state index contributed by atoms with van der Waals surface area (Å²) in [5, 5.41) is 2.91. The van der Waals surface area contributed by atoms with Crippen LogP contribution in [-0.2, 0) is 26.2 Å². The van der Waals surface area contributed by atoms with Crippen LogP contribution in [0, 0.1) is 6.92 Å². The Morgan fingerprint density at radius 1 is 1.06 bits per heavy atom. The lowest BCUT2D eigenvalue weighted by Gasteiger charge is -2.33. The maximum absolute atomic E-state index is 13.7. The quantitative estimate of drug-likeness (QED) is 0.434. The molecule has 0 aliphatic carbocycles. The molecule has 0 saturated carbocycles. The normalized spacial score (nSPS) is 13.2. The number of carbonyl (C=O) groups excluding carboxylic acids is 2. The van der Waals surface area contributed by atoms with E-state index in [9.17, 15) is 18.0 Å². The lowest BCUT2D eigenvalue weighted by Crippen LogP contribution is -2.52. The smallest absolute Gasteiger partial charge is 0.244 e. The Morgan fingerprint density at radius 2 is 1.75 bits per heavy atom. The molecule has 1 aliphatic heterocycles. The van der Waals surface area contributed by atoms with E-state index in [-0.39, 0.29) is 24.9 Å². The van der Waals surface area contributed by atoms with Crippen LogP contribution in [0.4, 0.5) is 5.69 Å². The Morgan fingerprint density at radius 3 is 2.39 bits per heavy atom. The van der Waals surface area contributed by atoms with Crippen LogP contribution in [0.25, 0.3) is 0 Å². The predicted molar refractivity (Wildman–Crippen MR) is 138 cm³/mol. The van der Waals surface area contributed by atoms with Crippen molar-refractivity contribution in [3.63, 3.8) is 0 Å². The molecule has 196 valence electrons. The minimum Gasteiger partial charge on any atom is -0.454 e. The van der Waals surface area contributed by atoms with E-state index in [1.165, 1.54) is 11.0 Å². The summed E-state index contributed by atoms with van der Waals surface area (Å²) < 4.78 is 37.2. The third-order valence-electron chi connectivity index (χ3n) is 6.01. The van der Waals surface area contributed by atoms with Gasteiger partial charge >= 0.3 is 0 Å². The Labute approximate surface area is 213 Å². The highest BCUT2D eigenvalue weighted by atomic mass is 32.2. The average Bonchev–Trinajstić information content (AvgIpc) is 3.31. The van der Waals surface area contributed by atoms with E-state index in [4.69, 9.17) is 9.47 Å². The van der Waals surface area contributed by atoms with E-state index >= 15 is 0 Å². The molecular weight excluding hydrogens is 482 g/mol. The van der Waals surface area contributed by atoms with E-state index in [0.717, 1.165) is 34.5 Å². The number of unbranched alkanes of at least 4 members (excludes halogenated alkanes) is 1. The first-order valence-electron chi connectivity index (χ1n) is 12.1. The molecule has 0 fully saturated rings. The molecule has 0 aromatic heterocycles. The topological polar surface area (TPSA) is 105 Å². The Balaban J connectivity index is 1.91. The lowest BCUT2D eigenvalue weighted by atomic mass is 10.1. The number of benzene rings is 2. The van der Waals surface area contributed by atoms with Gasteiger partial charge in [0.2, 0.25) is 28.6 Å². The molecule has 36 heavy (non-hydrogen) atoms. The van der Waals surface area contributed by atoms with Crippen LogP contribution in [0.2, 0.25) is 0 Å². The number of nitrogens with zero attached hydrogens (tertiary/aromatic N) is 2. The summed E-state index contributed by atoms with van der Waals surface area (Å²) >= 11 is 0. The van der Waals surface area contributed by atoms with Crippen molar-refractivity contribution in [1.29, 1.82) is 0 Å². The summed E-state index contributed by atoms with van der Waals surface area (Å²) in [6.45, 7) is 6.13. The molecule has 10 heteroatoms. The number of fused-ring (bicyclic) bond motifs is 1. The van der Waals surface area contributed by atoms with E-state index in [1.54, 1.807) is 12.1 Å². The van der Waals surface area contributed by atoms with E-state index in [1.807, 2.05) is 45.0 Å². The van der Waals surface area contributed by atoms with Gasteiger partial charge in [0, 0.05) is 19.2 Å². The summed E-state index contributed by atoms with van der Waals surface area (Å²) in [5.74, 6) is 0.192. The molecule has 1 atom stereocenters. The van der Waals surface area contributed by atoms with Gasteiger partial charge in [-0.1, -0.05) is 50.1 Å². The van der Waals surface area contributed by atoms with Crippen molar-refractivity contribution < 1.29 is 27.5 Å². The van der Waals surface area contributed by atoms with Gasteiger partial charge in [-0.15, -0.1) is 0 Å². The van der Waals surface area contributed by atoms with Gasteiger partial charge in [0.25, 0.3) is 0 Å². The number of rotatable bonds is 12. The van der Waals surface area contributed by atoms with Crippen molar-refractivity contribution in [1.82, 2.24) is 10.2 Å². The largest absolute Gasteiger partial charge is 0.454 e. The minimum absolute atomic E-state index is 0.0479. The van der Waals surface area contributed by atoms with Crippen molar-refractivity contribution in [3.8, 4) is 11.5 Å². The van der Waals surface area contributed by atoms with Crippen LogP contribution in [0.5, 0.6) is 11.5 Å². The van der Waals surface area contributed by atoms with Crippen LogP contribution < -0.4 is 19.1 Å². The van der Waals surface area contributed by atoms with Crippen LogP contribution in [-0.4, -0.2) is 57.3 Å². The van der Waals surface area contributed by atoms with E-state index in [2.05, 4.69) is 5.32 Å².